The van der Waals surface area contributed by atoms with E-state index in [4.69, 9.17) is 20.4 Å². The molecule has 0 saturated carbocycles. The molecule has 0 aliphatic rings. The van der Waals surface area contributed by atoms with Crippen molar-refractivity contribution in [3.05, 3.63) is 0 Å². The molecule has 0 aliphatic heterocycles. The van der Waals surface area contributed by atoms with E-state index >= 15 is 0 Å². The normalized spacial score (nSPS) is 10.8. The molecule has 0 aromatic carbocycles. The topological polar surface area (TPSA) is 313 Å². The summed E-state index contributed by atoms with van der Waals surface area (Å²) in [6.07, 6.45) is 6.06. The molecule has 19 nitrogen and oxygen atoms in total. The number of hydrogen-bond donors (Lipinski definition) is 5. The molecule has 0 aliphatic carbocycles. The van der Waals surface area contributed by atoms with Gasteiger partial charge in [-0.2, -0.15) is 43.0 Å². The predicted octanol–water partition coefficient (Wildman–Crippen LogP) is 2.26. The maximum atomic E-state index is 10.4. The Morgan fingerprint density at radius 1 is 0.583 bits per heavy atom. The average molecular weight is 1490 g/mol. The number of thiol groups is 1. The van der Waals surface area contributed by atoms with Crippen molar-refractivity contribution in [1.29, 1.82) is 0 Å². The molecule has 0 aromatic rings. The van der Waals surface area contributed by atoms with Gasteiger partial charge in [0.1, 0.15) is 0 Å². The van der Waals surface area contributed by atoms with Crippen molar-refractivity contribution in [1.82, 2.24) is 4.90 Å². The quantitative estimate of drug-likeness (QED) is 0.0186. The summed E-state index contributed by atoms with van der Waals surface area (Å²) in [4.78, 5) is 2.38. The van der Waals surface area contributed by atoms with Gasteiger partial charge < -0.3 is 29.9 Å². The average Bonchev–Trinajstić information content (AvgIpc) is 3.21. The van der Waals surface area contributed by atoms with E-state index in [0.717, 1.165) is 84.2 Å². The van der Waals surface area contributed by atoms with E-state index in [2.05, 4.69) is 116 Å². The molecule has 0 heterocycles. The maximum absolute atomic E-state index is 10.4. The molecule has 0 bridgehead atoms. The Labute approximate surface area is 551 Å². The van der Waals surface area contributed by atoms with Crippen LogP contribution in [0.2, 0.25) is 0 Å². The zero-order valence-corrected chi connectivity index (χ0v) is 67.2. The third kappa shape index (κ3) is 292. The molecular weight excluding hydrogens is 1410 g/mol. The molecule has 440 valence electrons. The summed E-state index contributed by atoms with van der Waals surface area (Å²) in [5, 5.41) is 31.9. The first kappa shape index (κ1) is 114. The Balaban J connectivity index is -0.0000000436. The van der Waals surface area contributed by atoms with Crippen LogP contribution in [0.5, 0.6) is 0 Å². The second-order valence-electron chi connectivity index (χ2n) is 10.1. The molecule has 41 heteroatoms. The van der Waals surface area contributed by atoms with Crippen LogP contribution in [-0.4, -0.2) is 268 Å². The van der Waals surface area contributed by atoms with E-state index < -0.39 is 56.0 Å². The first-order valence-corrected chi connectivity index (χ1v) is 52.4. The summed E-state index contributed by atoms with van der Waals surface area (Å²) in [5.41, 5.74) is 0. The third-order valence-corrected chi connectivity index (χ3v) is 15.0. The van der Waals surface area contributed by atoms with Crippen molar-refractivity contribution in [2.75, 3.05) is 149 Å². The fourth-order valence-electron chi connectivity index (χ4n) is 1.76. The van der Waals surface area contributed by atoms with E-state index in [9.17, 15) is 50.9 Å². The molecule has 0 aromatic heterocycles. The van der Waals surface area contributed by atoms with Crippen molar-refractivity contribution in [3.8, 4) is 0 Å². The van der Waals surface area contributed by atoms with Gasteiger partial charge in [0.2, 0.25) is 18.1 Å². The fraction of sp³-hybridized carbons (Fsp3) is 1.00. The molecule has 0 spiro atoms. The molecule has 0 amide bonds. The summed E-state index contributed by atoms with van der Waals surface area (Å²) >= 11 is 13.5. The first-order chi connectivity index (χ1) is 31.8. The Morgan fingerprint density at radius 2 is 0.792 bits per heavy atom. The monoisotopic (exact) mass is 1490 g/mol. The predicted molar refractivity (Wildman–Crippen MR) is 342 cm³/mol. The second-order valence-corrected chi connectivity index (χ2v) is 37.3. The number of alkyl halides is 1. The molecule has 0 radical (unpaired) electrons. The Bertz CT molecular complexity index is 1480. The molecule has 4 N–H and O–H groups in total. The third-order valence-electron chi connectivity index (χ3n) is 3.52. The van der Waals surface area contributed by atoms with Crippen LogP contribution in [0.4, 0.5) is 0 Å². The van der Waals surface area contributed by atoms with Crippen molar-refractivity contribution in [2.45, 2.75) is 48.5 Å². The minimum absolute atomic E-state index is 0. The summed E-state index contributed by atoms with van der Waals surface area (Å²) in [6.45, 7) is 19.3. The standard InChI is InChI=1S/C6H15N.2C5H12O3S3.C4H10OS2.C3H8O3S2.C2H5BrO.C2H6S.2CH3ClO2S.CH4O2S2.CH4O.3Na.H2S/c1-4-7(5-2)6-3;2*1-3-9-10-5-4-8-11(2,6)7;1-2-6-7-4-3-5;1-8(5,6)7-3-2-4;3-1-2-4;1-2-3;3*1-5(2,3)4;1-2;;;;/h4-6H2,1-3H3;2*3-5H2,1-2H3;5H,2-4H2,1H3;4H,2-3H2,1H3;4H,1-2H2;3H,2H2,1H3;2*1H3;1H3,(H,2,3,4);2H,1H3;;;;1H2/q;;;;;;;;;;;;;+1;/p-1. The van der Waals surface area contributed by atoms with E-state index in [1.165, 1.54) is 63.3 Å². The van der Waals surface area contributed by atoms with Gasteiger partial charge in [-0.1, -0.05) is 129 Å². The van der Waals surface area contributed by atoms with E-state index in [0.29, 0.717) is 23.4 Å². The van der Waals surface area contributed by atoms with Crippen LogP contribution in [0.15, 0.2) is 0 Å². The van der Waals surface area contributed by atoms with Crippen LogP contribution < -0.4 is 29.6 Å². The van der Waals surface area contributed by atoms with Crippen LogP contribution in [0.1, 0.15) is 48.5 Å². The zero-order valence-electron chi connectivity index (χ0n) is 44.8. The Kier molecular flexibility index (Phi) is 141. The van der Waals surface area contributed by atoms with Gasteiger partial charge in [0.25, 0.3) is 20.2 Å². The second kappa shape index (κ2) is 89.2. The number of nitrogens with zero attached hydrogens (tertiary/aromatic N) is 1. The van der Waals surface area contributed by atoms with Gasteiger partial charge in [-0.05, 0) is 56.1 Å². The molecule has 0 fully saturated rings. The number of rotatable bonds is 23. The summed E-state index contributed by atoms with van der Waals surface area (Å²) in [7, 11) is 2.04. The van der Waals surface area contributed by atoms with E-state index in [1.54, 1.807) is 64.8 Å². The Morgan fingerprint density at radius 3 is 0.903 bits per heavy atom. The Hall–Kier alpha value is 7.01. The number of aliphatic hydroxyl groups is 4. The van der Waals surface area contributed by atoms with Crippen molar-refractivity contribution in [2.24, 2.45) is 0 Å². The summed E-state index contributed by atoms with van der Waals surface area (Å²) in [5.74, 6) is 6.69. The van der Waals surface area contributed by atoms with Crippen LogP contribution in [0.3, 0.4) is 0 Å². The molecule has 72 heavy (non-hydrogen) atoms. The van der Waals surface area contributed by atoms with E-state index in [1.807, 2.05) is 6.92 Å². The van der Waals surface area contributed by atoms with Crippen LogP contribution in [0, 0.1) is 0 Å². The van der Waals surface area contributed by atoms with Crippen molar-refractivity contribution >= 4 is 250 Å². The molecular formula is C31H83BrCl2NNa3O18S16. The van der Waals surface area contributed by atoms with Gasteiger partial charge in [-0.15, -0.1) is 0 Å². The van der Waals surface area contributed by atoms with Gasteiger partial charge in [0.15, 0.2) is 8.87 Å². The van der Waals surface area contributed by atoms with Gasteiger partial charge in [0.05, 0.1) is 58.1 Å². The van der Waals surface area contributed by atoms with Gasteiger partial charge in [-0.25, -0.2) is 25.3 Å². The molecule has 0 saturated heterocycles. The fourth-order valence-corrected chi connectivity index (χ4v) is 8.68. The van der Waals surface area contributed by atoms with Crippen LogP contribution in [-0.2, 0) is 75.5 Å². The molecule has 0 rings (SSSR count). The first-order valence-electron chi connectivity index (χ1n) is 19.9. The number of halogens is 3. The van der Waals surface area contributed by atoms with E-state index in [-0.39, 0.29) is 75.2 Å². The van der Waals surface area contributed by atoms with Crippen molar-refractivity contribution < 1.29 is 109 Å². The SMILES string of the molecule is CCN(CC)CC.CCS.CCSSCCO.CCSSCCOS(C)(=O)=O.CCSSCCOS(C)(=O)=O.CO.CS(=O)(=O)Cl.CS(=O)(=O)Cl.CS(=O)(=O)SCCO.CS(=O)([O-])=S.OCCBr.S.[Na+].[Na][Na]. The van der Waals surface area contributed by atoms with Gasteiger partial charge >= 0.3 is 73.2 Å². The number of hydrogen-bond acceptors (Lipinski definition) is 28. The van der Waals surface area contributed by atoms with Crippen molar-refractivity contribution in [3.63, 3.8) is 0 Å². The summed E-state index contributed by atoms with van der Waals surface area (Å²) < 4.78 is 128. The molecule has 1 unspecified atom stereocenters. The van der Waals surface area contributed by atoms with Crippen LogP contribution >= 0.6 is 139 Å². The van der Waals surface area contributed by atoms with Gasteiger partial charge in [0, 0.05) is 86.6 Å². The number of aliphatic hydroxyl groups excluding tert-OH is 4. The van der Waals surface area contributed by atoms with Crippen LogP contribution in [0.25, 0.3) is 0 Å². The summed E-state index contributed by atoms with van der Waals surface area (Å²) in [6, 6.07) is 0. The molecule has 1 atom stereocenters. The van der Waals surface area contributed by atoms with Gasteiger partial charge in [-0.3, -0.25) is 12.6 Å². The zero-order chi connectivity index (χ0) is 59.0. The minimum atomic E-state index is -3.23.